The second kappa shape index (κ2) is 8.42. The molecule has 8 nitrogen and oxygen atoms in total. The lowest BCUT2D eigenvalue weighted by Gasteiger charge is -2.17. The van der Waals surface area contributed by atoms with Crippen molar-refractivity contribution in [1.29, 1.82) is 0 Å². The van der Waals surface area contributed by atoms with Gasteiger partial charge in [0.25, 0.3) is 3.53 Å². The molecule has 4 N–H and O–H groups in total. The maximum absolute atomic E-state index is 12.6. The van der Waals surface area contributed by atoms with Crippen LogP contribution >= 0.6 is 30.0 Å². The summed E-state index contributed by atoms with van der Waals surface area (Å²) in [5.41, 5.74) is 5.76. The average molecular weight is 455 g/mol. The van der Waals surface area contributed by atoms with Gasteiger partial charge in [-0.25, -0.2) is 0 Å². The molecule has 0 saturated heterocycles. The van der Waals surface area contributed by atoms with E-state index in [-0.39, 0.29) is 24.8 Å². The molecule has 1 unspecified atom stereocenters. The predicted molar refractivity (Wildman–Crippen MR) is 90.5 cm³/mol. The van der Waals surface area contributed by atoms with Gasteiger partial charge in [0.15, 0.2) is 0 Å². The molecule has 0 aliphatic heterocycles. The highest BCUT2D eigenvalue weighted by molar-refractivity contribution is 14.1. The van der Waals surface area contributed by atoms with E-state index in [2.05, 4.69) is 0 Å². The van der Waals surface area contributed by atoms with Gasteiger partial charge in [0, 0.05) is 28.8 Å². The van der Waals surface area contributed by atoms with Crippen molar-refractivity contribution in [3.63, 3.8) is 0 Å². The van der Waals surface area contributed by atoms with E-state index in [1.807, 2.05) is 0 Å². The third-order valence-corrected chi connectivity index (χ3v) is 6.92. The maximum Gasteiger partial charge on any atom is 0.322 e. The number of benzene rings is 1. The Balaban J connectivity index is 2.91. The van der Waals surface area contributed by atoms with Gasteiger partial charge < -0.3 is 20.5 Å². The smallest absolute Gasteiger partial charge is 0.322 e. The highest BCUT2D eigenvalue weighted by Crippen LogP contribution is 2.51. The number of hydrogen-bond donors (Lipinski definition) is 3. The minimum atomic E-state index is -3.80. The molecule has 0 saturated carbocycles. The van der Waals surface area contributed by atoms with Crippen molar-refractivity contribution in [2.45, 2.75) is 18.9 Å². The third-order valence-electron chi connectivity index (χ3n) is 2.83. The van der Waals surface area contributed by atoms with Crippen LogP contribution in [0.2, 0.25) is 0 Å². The fourth-order valence-electron chi connectivity index (χ4n) is 1.66. The SMILES string of the molecule is N[C@@H](CCP(=O)(Oc1cccc(CC(=O)O)c1)C(=O)I)C(=O)O. The number of hydrogen-bond acceptors (Lipinski definition) is 6. The predicted octanol–water partition coefficient (Wildman–Crippen LogP) is 2.33. The number of carboxylic acid groups (broad SMARTS) is 2. The molecule has 0 bridgehead atoms. The summed E-state index contributed by atoms with van der Waals surface area (Å²) in [6.45, 7) is 0. The minimum Gasteiger partial charge on any atom is -0.481 e. The Morgan fingerprint density at radius 3 is 2.48 bits per heavy atom. The van der Waals surface area contributed by atoms with Gasteiger partial charge in [-0.3, -0.25) is 18.9 Å². The Kier molecular flexibility index (Phi) is 7.17. The molecular formula is C13H15INO7P. The van der Waals surface area contributed by atoms with Gasteiger partial charge in [0.05, 0.1) is 6.42 Å². The van der Waals surface area contributed by atoms with E-state index in [4.69, 9.17) is 20.5 Å². The lowest BCUT2D eigenvalue weighted by molar-refractivity contribution is -0.138. The Bertz CT molecular complexity index is 663. The van der Waals surface area contributed by atoms with Crippen LogP contribution in [0, 0.1) is 0 Å². The van der Waals surface area contributed by atoms with Gasteiger partial charge in [-0.05, 0) is 24.1 Å². The van der Waals surface area contributed by atoms with Gasteiger partial charge in [-0.15, -0.1) is 0 Å². The summed E-state index contributed by atoms with van der Waals surface area (Å²) in [7, 11) is -3.80. The quantitative estimate of drug-likeness (QED) is 0.293. The minimum absolute atomic E-state index is 0.0843. The zero-order valence-corrected chi connectivity index (χ0v) is 14.9. The monoisotopic (exact) mass is 455 g/mol. The molecule has 0 aliphatic carbocycles. The number of rotatable bonds is 9. The molecule has 0 fully saturated rings. The van der Waals surface area contributed by atoms with E-state index in [0.717, 1.165) is 0 Å². The lowest BCUT2D eigenvalue weighted by atomic mass is 10.1. The van der Waals surface area contributed by atoms with E-state index in [0.29, 0.717) is 5.56 Å². The first kappa shape index (κ1) is 19.6. The topological polar surface area (TPSA) is 144 Å². The van der Waals surface area contributed by atoms with Crippen LogP contribution < -0.4 is 10.3 Å². The van der Waals surface area contributed by atoms with Crippen molar-refractivity contribution in [3.05, 3.63) is 29.8 Å². The summed E-state index contributed by atoms with van der Waals surface area (Å²) < 4.78 is 17.1. The first-order chi connectivity index (χ1) is 10.6. The summed E-state index contributed by atoms with van der Waals surface area (Å²) >= 11 is 1.33. The summed E-state index contributed by atoms with van der Waals surface area (Å²) in [5.74, 6) is -2.22. The Hall–Kier alpha value is -1.45. The zero-order valence-electron chi connectivity index (χ0n) is 11.8. The molecular weight excluding hydrogens is 440 g/mol. The summed E-state index contributed by atoms with van der Waals surface area (Å²) in [4.78, 5) is 33.0. The van der Waals surface area contributed by atoms with Crippen LogP contribution in [-0.2, 0) is 20.6 Å². The fraction of sp³-hybridized carbons (Fsp3) is 0.308. The van der Waals surface area contributed by atoms with E-state index in [1.54, 1.807) is 6.07 Å². The number of carboxylic acids is 2. The molecule has 126 valence electrons. The molecule has 1 aromatic carbocycles. The molecule has 0 aliphatic rings. The van der Waals surface area contributed by atoms with Gasteiger partial charge >= 0.3 is 19.3 Å². The first-order valence-electron chi connectivity index (χ1n) is 6.42. The molecule has 10 heteroatoms. The van der Waals surface area contributed by atoms with Crippen LogP contribution in [0.5, 0.6) is 5.75 Å². The van der Waals surface area contributed by atoms with Crippen LogP contribution in [0.1, 0.15) is 12.0 Å². The van der Waals surface area contributed by atoms with Gasteiger partial charge in [-0.1, -0.05) is 12.1 Å². The molecule has 1 rings (SSSR count). The molecule has 1 aromatic rings. The third kappa shape index (κ3) is 6.28. The molecule has 0 radical (unpaired) electrons. The number of carbonyl (C=O) groups is 3. The van der Waals surface area contributed by atoms with E-state index >= 15 is 0 Å². The van der Waals surface area contributed by atoms with E-state index in [9.17, 15) is 18.9 Å². The summed E-state index contributed by atoms with van der Waals surface area (Å²) in [5, 5.41) is 17.5. The van der Waals surface area contributed by atoms with Crippen LogP contribution in [0.4, 0.5) is 4.79 Å². The molecule has 23 heavy (non-hydrogen) atoms. The summed E-state index contributed by atoms with van der Waals surface area (Å²) in [6, 6.07) is 4.63. The maximum atomic E-state index is 12.6. The van der Waals surface area contributed by atoms with Crippen molar-refractivity contribution in [3.8, 4) is 5.75 Å². The highest BCUT2D eigenvalue weighted by atomic mass is 127. The van der Waals surface area contributed by atoms with E-state index < -0.39 is 28.9 Å². The van der Waals surface area contributed by atoms with Gasteiger partial charge in [-0.2, -0.15) is 0 Å². The zero-order chi connectivity index (χ0) is 17.6. The second-order valence-corrected chi connectivity index (χ2v) is 8.91. The number of halogens is 1. The Morgan fingerprint density at radius 1 is 1.30 bits per heavy atom. The van der Waals surface area contributed by atoms with Crippen molar-refractivity contribution >= 4 is 45.4 Å². The standard InChI is InChI=1S/C13H15INO7P/c14-13(20)23(21,5-4-10(15)12(18)19)22-9-3-1-2-8(6-9)7-11(16)17/h1-3,6,10H,4-5,7,15H2,(H,16,17)(H,18,19)/t10-,23?/m0/s1. The van der Waals surface area contributed by atoms with Gasteiger partial charge in [0.2, 0.25) is 0 Å². The number of nitrogens with two attached hydrogens (primary N) is 1. The van der Waals surface area contributed by atoms with Crippen LogP contribution in [0.25, 0.3) is 0 Å². The van der Waals surface area contributed by atoms with Crippen LogP contribution in [0.15, 0.2) is 24.3 Å². The van der Waals surface area contributed by atoms with Crippen LogP contribution in [0.3, 0.4) is 0 Å². The van der Waals surface area contributed by atoms with Crippen molar-refractivity contribution < 1.29 is 33.7 Å². The van der Waals surface area contributed by atoms with Crippen LogP contribution in [-0.4, -0.2) is 37.9 Å². The molecule has 0 heterocycles. The Labute approximate surface area is 145 Å². The normalized spacial score (nSPS) is 14.5. The van der Waals surface area contributed by atoms with Gasteiger partial charge in [0.1, 0.15) is 11.8 Å². The van der Waals surface area contributed by atoms with Crippen molar-refractivity contribution in [1.82, 2.24) is 0 Å². The largest absolute Gasteiger partial charge is 0.481 e. The summed E-state index contributed by atoms with van der Waals surface area (Å²) in [6.07, 6.45) is -0.745. The first-order valence-corrected chi connectivity index (χ1v) is 9.31. The lowest BCUT2D eigenvalue weighted by Crippen LogP contribution is -2.31. The molecule has 0 spiro atoms. The molecule has 0 amide bonds. The second-order valence-electron chi connectivity index (χ2n) is 4.69. The molecule has 2 atom stereocenters. The fourth-order valence-corrected chi connectivity index (χ4v) is 4.09. The van der Waals surface area contributed by atoms with Crippen molar-refractivity contribution in [2.24, 2.45) is 5.73 Å². The molecule has 0 aromatic heterocycles. The number of aliphatic carboxylic acids is 2. The highest BCUT2D eigenvalue weighted by Gasteiger charge is 2.33. The van der Waals surface area contributed by atoms with E-state index in [1.165, 1.54) is 40.8 Å². The van der Waals surface area contributed by atoms with Crippen molar-refractivity contribution in [2.75, 3.05) is 6.16 Å². The average Bonchev–Trinajstić information content (AvgIpc) is 2.44. The number of carbonyl (C=O) groups excluding carboxylic acids is 1. The Morgan fingerprint density at radius 2 is 1.96 bits per heavy atom.